The highest BCUT2D eigenvalue weighted by Gasteiger charge is 2.18. The molecule has 1 amide bonds. The number of benzene rings is 3. The second-order valence-corrected chi connectivity index (χ2v) is 8.15. The fourth-order valence-electron chi connectivity index (χ4n) is 3.63. The molecular formula is C24H23Cl2N3O. The molecule has 0 saturated carbocycles. The Morgan fingerprint density at radius 3 is 2.10 bits per heavy atom. The van der Waals surface area contributed by atoms with Crippen LogP contribution in [0.5, 0.6) is 0 Å². The lowest BCUT2D eigenvalue weighted by atomic mass is 10.1. The topological polar surface area (TPSA) is 35.6 Å². The molecule has 1 N–H and O–H groups in total. The Kier molecular flexibility index (Phi) is 6.58. The minimum Gasteiger partial charge on any atom is -0.369 e. The van der Waals surface area contributed by atoms with E-state index in [9.17, 15) is 4.79 Å². The molecule has 4 nitrogen and oxygen atoms in total. The van der Waals surface area contributed by atoms with Crippen LogP contribution < -0.4 is 10.2 Å². The Hall–Kier alpha value is -2.53. The quantitative estimate of drug-likeness (QED) is 0.564. The zero-order chi connectivity index (χ0) is 20.9. The van der Waals surface area contributed by atoms with E-state index in [-0.39, 0.29) is 5.91 Å². The van der Waals surface area contributed by atoms with Gasteiger partial charge < -0.3 is 10.2 Å². The van der Waals surface area contributed by atoms with Crippen molar-refractivity contribution in [3.8, 4) is 0 Å². The third-order valence-corrected chi connectivity index (χ3v) is 6.03. The fraction of sp³-hybridized carbons (Fsp3) is 0.208. The van der Waals surface area contributed by atoms with Crippen LogP contribution >= 0.6 is 23.2 Å². The molecular weight excluding hydrogens is 417 g/mol. The monoisotopic (exact) mass is 439 g/mol. The number of hydrogen-bond acceptors (Lipinski definition) is 3. The second kappa shape index (κ2) is 9.52. The molecule has 1 saturated heterocycles. The number of carbonyl (C=O) groups is 1. The molecule has 30 heavy (non-hydrogen) atoms. The van der Waals surface area contributed by atoms with Gasteiger partial charge in [0, 0.05) is 49.1 Å². The van der Waals surface area contributed by atoms with E-state index in [0.29, 0.717) is 10.6 Å². The molecule has 1 aliphatic rings. The van der Waals surface area contributed by atoms with Crippen LogP contribution in [-0.2, 0) is 6.54 Å². The highest BCUT2D eigenvalue weighted by Crippen LogP contribution is 2.23. The number of halogens is 2. The van der Waals surface area contributed by atoms with Gasteiger partial charge in [0.15, 0.2) is 0 Å². The smallest absolute Gasteiger partial charge is 0.257 e. The molecule has 0 unspecified atom stereocenters. The van der Waals surface area contributed by atoms with Gasteiger partial charge >= 0.3 is 0 Å². The molecule has 0 radical (unpaired) electrons. The summed E-state index contributed by atoms with van der Waals surface area (Å²) in [6.45, 7) is 4.75. The maximum absolute atomic E-state index is 12.4. The molecule has 3 aromatic carbocycles. The summed E-state index contributed by atoms with van der Waals surface area (Å²) in [6.07, 6.45) is 0. The van der Waals surface area contributed by atoms with Crippen molar-refractivity contribution >= 4 is 40.5 Å². The molecule has 0 aromatic heterocycles. The number of rotatable bonds is 5. The van der Waals surface area contributed by atoms with E-state index >= 15 is 0 Å². The lowest BCUT2D eigenvalue weighted by Crippen LogP contribution is -2.46. The van der Waals surface area contributed by atoms with Crippen molar-refractivity contribution in [1.29, 1.82) is 0 Å². The summed E-state index contributed by atoms with van der Waals surface area (Å²) in [5, 5.41) is 4.18. The van der Waals surface area contributed by atoms with Crippen molar-refractivity contribution in [2.45, 2.75) is 6.54 Å². The minimum absolute atomic E-state index is 0.207. The van der Waals surface area contributed by atoms with Gasteiger partial charge in [0.2, 0.25) is 0 Å². The third kappa shape index (κ3) is 4.96. The molecule has 0 aliphatic carbocycles. The standard InChI is InChI=1S/C24H23Cl2N3O/c25-22-7-3-1-5-18(22)17-28-13-15-29(16-14-28)20-11-9-19(10-12-20)27-24(30)21-6-2-4-8-23(21)26/h1-12H,13-17H2,(H,27,30). The van der Waals surface area contributed by atoms with Crippen molar-refractivity contribution in [3.63, 3.8) is 0 Å². The molecule has 0 bridgehead atoms. The molecule has 1 aliphatic heterocycles. The van der Waals surface area contributed by atoms with Crippen LogP contribution in [0.25, 0.3) is 0 Å². The zero-order valence-corrected chi connectivity index (χ0v) is 18.0. The molecule has 154 valence electrons. The van der Waals surface area contributed by atoms with Gasteiger partial charge in [-0.05, 0) is 48.0 Å². The first kappa shape index (κ1) is 20.7. The number of amides is 1. The van der Waals surface area contributed by atoms with Crippen LogP contribution in [0.1, 0.15) is 15.9 Å². The normalized spacial score (nSPS) is 14.5. The lowest BCUT2D eigenvalue weighted by Gasteiger charge is -2.36. The van der Waals surface area contributed by atoms with Crippen molar-refractivity contribution in [3.05, 3.63) is 94.0 Å². The predicted molar refractivity (Wildman–Crippen MR) is 125 cm³/mol. The molecule has 4 rings (SSSR count). The summed E-state index contributed by atoms with van der Waals surface area (Å²) in [6, 6.07) is 23.0. The van der Waals surface area contributed by atoms with Crippen LogP contribution in [0.4, 0.5) is 11.4 Å². The number of hydrogen-bond donors (Lipinski definition) is 1. The van der Waals surface area contributed by atoms with E-state index in [4.69, 9.17) is 23.2 Å². The first-order valence-electron chi connectivity index (χ1n) is 9.97. The van der Waals surface area contributed by atoms with Crippen molar-refractivity contribution in [2.75, 3.05) is 36.4 Å². The minimum atomic E-state index is -0.207. The Bertz CT molecular complexity index is 1010. The van der Waals surface area contributed by atoms with Crippen molar-refractivity contribution in [2.24, 2.45) is 0 Å². The summed E-state index contributed by atoms with van der Waals surface area (Å²) in [4.78, 5) is 17.2. The van der Waals surface area contributed by atoms with Crippen LogP contribution in [0, 0.1) is 0 Å². The molecule has 0 atom stereocenters. The van der Waals surface area contributed by atoms with Gasteiger partial charge in [-0.2, -0.15) is 0 Å². The third-order valence-electron chi connectivity index (χ3n) is 5.33. The number of piperazine rings is 1. The molecule has 0 spiro atoms. The summed E-state index contributed by atoms with van der Waals surface area (Å²) in [7, 11) is 0. The number of nitrogens with one attached hydrogen (secondary N) is 1. The second-order valence-electron chi connectivity index (χ2n) is 7.34. The van der Waals surface area contributed by atoms with E-state index in [1.807, 2.05) is 48.5 Å². The summed E-state index contributed by atoms with van der Waals surface area (Å²) in [5.41, 5.74) is 3.55. The van der Waals surface area contributed by atoms with Crippen LogP contribution in [0.15, 0.2) is 72.8 Å². The molecule has 1 heterocycles. The largest absolute Gasteiger partial charge is 0.369 e. The molecule has 3 aromatic rings. The maximum atomic E-state index is 12.4. The Balaban J connectivity index is 1.32. The highest BCUT2D eigenvalue weighted by atomic mass is 35.5. The Morgan fingerprint density at radius 1 is 0.800 bits per heavy atom. The predicted octanol–water partition coefficient (Wildman–Crippen LogP) is 5.57. The van der Waals surface area contributed by atoms with Crippen molar-refractivity contribution in [1.82, 2.24) is 4.90 Å². The number of carbonyl (C=O) groups excluding carboxylic acids is 1. The van der Waals surface area contributed by atoms with Crippen LogP contribution in [0.2, 0.25) is 10.0 Å². The first-order valence-corrected chi connectivity index (χ1v) is 10.7. The van der Waals surface area contributed by atoms with Gasteiger partial charge in [-0.15, -0.1) is 0 Å². The van der Waals surface area contributed by atoms with E-state index in [1.165, 1.54) is 5.56 Å². The van der Waals surface area contributed by atoms with Gasteiger partial charge in [-0.25, -0.2) is 0 Å². The number of anilines is 2. The van der Waals surface area contributed by atoms with E-state index in [2.05, 4.69) is 21.2 Å². The van der Waals surface area contributed by atoms with E-state index in [0.717, 1.165) is 49.1 Å². The molecule has 6 heteroatoms. The first-order chi connectivity index (χ1) is 14.6. The van der Waals surface area contributed by atoms with Crippen LogP contribution in [0.3, 0.4) is 0 Å². The lowest BCUT2D eigenvalue weighted by molar-refractivity contribution is 0.102. The number of nitrogens with zero attached hydrogens (tertiary/aromatic N) is 2. The molecule has 1 fully saturated rings. The van der Waals surface area contributed by atoms with Gasteiger partial charge in [0.05, 0.1) is 10.6 Å². The van der Waals surface area contributed by atoms with Gasteiger partial charge in [-0.3, -0.25) is 9.69 Å². The van der Waals surface area contributed by atoms with Gasteiger partial charge in [0.25, 0.3) is 5.91 Å². The highest BCUT2D eigenvalue weighted by molar-refractivity contribution is 6.34. The van der Waals surface area contributed by atoms with E-state index < -0.39 is 0 Å². The summed E-state index contributed by atoms with van der Waals surface area (Å²) >= 11 is 12.4. The zero-order valence-electron chi connectivity index (χ0n) is 16.5. The Labute approximate surface area is 187 Å². The Morgan fingerprint density at radius 2 is 1.43 bits per heavy atom. The maximum Gasteiger partial charge on any atom is 0.257 e. The SMILES string of the molecule is O=C(Nc1ccc(N2CCN(Cc3ccccc3Cl)CC2)cc1)c1ccccc1Cl. The van der Waals surface area contributed by atoms with Gasteiger partial charge in [0.1, 0.15) is 0 Å². The van der Waals surface area contributed by atoms with Gasteiger partial charge in [-0.1, -0.05) is 53.5 Å². The van der Waals surface area contributed by atoms with Crippen molar-refractivity contribution < 1.29 is 4.79 Å². The average molecular weight is 440 g/mol. The van der Waals surface area contributed by atoms with E-state index in [1.54, 1.807) is 18.2 Å². The van der Waals surface area contributed by atoms with Crippen LogP contribution in [-0.4, -0.2) is 37.0 Å². The summed E-state index contributed by atoms with van der Waals surface area (Å²) in [5.74, 6) is -0.207. The fourth-order valence-corrected chi connectivity index (χ4v) is 4.05. The summed E-state index contributed by atoms with van der Waals surface area (Å²) < 4.78 is 0. The average Bonchev–Trinajstić information content (AvgIpc) is 2.77.